The van der Waals surface area contributed by atoms with Gasteiger partial charge in [-0.25, -0.2) is 8.42 Å². The maximum atomic E-state index is 12.3. The average molecular weight is 296 g/mol. The summed E-state index contributed by atoms with van der Waals surface area (Å²) < 4.78 is 27.0. The van der Waals surface area contributed by atoms with E-state index in [1.165, 1.54) is 19.9 Å². The van der Waals surface area contributed by atoms with Gasteiger partial charge in [0.2, 0.25) is 10.0 Å². The predicted molar refractivity (Wildman–Crippen MR) is 75.8 cm³/mol. The van der Waals surface area contributed by atoms with E-state index in [9.17, 15) is 18.5 Å². The second-order valence-electron chi connectivity index (χ2n) is 5.02. The SMILES string of the molecule is C#CC(C)(C)NS(=O)(=O)c1cc([N+](=O)[O-])cc(C)c1C. The quantitative estimate of drug-likeness (QED) is 0.522. The highest BCUT2D eigenvalue weighted by atomic mass is 32.2. The van der Waals surface area contributed by atoms with Crippen LogP contribution in [0.15, 0.2) is 17.0 Å². The van der Waals surface area contributed by atoms with Crippen LogP contribution in [0, 0.1) is 36.3 Å². The van der Waals surface area contributed by atoms with Crippen LogP contribution >= 0.6 is 0 Å². The maximum Gasteiger partial charge on any atom is 0.271 e. The second kappa shape index (κ2) is 5.23. The molecule has 0 aromatic heterocycles. The Labute approximate surface area is 118 Å². The standard InChI is InChI=1S/C13H16N2O4S/c1-6-13(4,5)14-20(18,19)12-8-11(15(16)17)7-9(2)10(12)3/h1,7-8,14H,2-5H3. The van der Waals surface area contributed by atoms with E-state index in [-0.39, 0.29) is 10.6 Å². The minimum atomic E-state index is -3.94. The second-order valence-corrected chi connectivity index (χ2v) is 6.67. The number of nitrogens with zero attached hydrogens (tertiary/aromatic N) is 1. The van der Waals surface area contributed by atoms with Crippen LogP contribution in [0.5, 0.6) is 0 Å². The third kappa shape index (κ3) is 3.35. The Morgan fingerprint density at radius 3 is 2.35 bits per heavy atom. The molecule has 20 heavy (non-hydrogen) atoms. The van der Waals surface area contributed by atoms with Crippen LogP contribution in [-0.4, -0.2) is 18.9 Å². The molecule has 1 N–H and O–H groups in total. The Kier molecular flexibility index (Phi) is 4.22. The van der Waals surface area contributed by atoms with Crippen molar-refractivity contribution in [1.82, 2.24) is 4.72 Å². The molecule has 0 unspecified atom stereocenters. The lowest BCUT2D eigenvalue weighted by Crippen LogP contribution is -2.42. The Morgan fingerprint density at radius 1 is 1.35 bits per heavy atom. The summed E-state index contributed by atoms with van der Waals surface area (Å²) in [6.45, 7) is 6.28. The minimum absolute atomic E-state index is 0.132. The molecule has 1 rings (SSSR count). The average Bonchev–Trinajstić information content (AvgIpc) is 2.30. The Bertz CT molecular complexity index is 700. The Balaban J connectivity index is 3.47. The van der Waals surface area contributed by atoms with Gasteiger partial charge in [-0.15, -0.1) is 6.42 Å². The van der Waals surface area contributed by atoms with Crippen molar-refractivity contribution in [2.45, 2.75) is 38.1 Å². The number of aryl methyl sites for hydroxylation is 1. The molecule has 0 atom stereocenters. The van der Waals surface area contributed by atoms with Gasteiger partial charge < -0.3 is 0 Å². The summed E-state index contributed by atoms with van der Waals surface area (Å²) in [5, 5.41) is 10.8. The molecular weight excluding hydrogens is 280 g/mol. The number of terminal acetylenes is 1. The van der Waals surface area contributed by atoms with Crippen molar-refractivity contribution in [1.29, 1.82) is 0 Å². The van der Waals surface area contributed by atoms with Crippen LogP contribution in [0.2, 0.25) is 0 Å². The molecule has 7 heteroatoms. The number of sulfonamides is 1. The lowest BCUT2D eigenvalue weighted by molar-refractivity contribution is -0.385. The molecule has 0 saturated carbocycles. The zero-order valence-electron chi connectivity index (χ0n) is 11.7. The van der Waals surface area contributed by atoms with E-state index in [0.29, 0.717) is 11.1 Å². The molecule has 0 aliphatic heterocycles. The summed E-state index contributed by atoms with van der Waals surface area (Å²) >= 11 is 0. The van der Waals surface area contributed by atoms with Crippen molar-refractivity contribution in [3.8, 4) is 12.3 Å². The zero-order valence-corrected chi connectivity index (χ0v) is 12.5. The number of nitrogens with one attached hydrogen (secondary N) is 1. The van der Waals surface area contributed by atoms with Gasteiger partial charge in [0.15, 0.2) is 0 Å². The topological polar surface area (TPSA) is 89.3 Å². The van der Waals surface area contributed by atoms with Gasteiger partial charge in [-0.1, -0.05) is 5.92 Å². The van der Waals surface area contributed by atoms with Crippen LogP contribution in [0.1, 0.15) is 25.0 Å². The highest BCUT2D eigenvalue weighted by Crippen LogP contribution is 2.26. The summed E-state index contributed by atoms with van der Waals surface area (Å²) in [6.07, 6.45) is 5.25. The van der Waals surface area contributed by atoms with Crippen molar-refractivity contribution in [2.24, 2.45) is 0 Å². The first-order valence-electron chi connectivity index (χ1n) is 5.77. The van der Waals surface area contributed by atoms with E-state index >= 15 is 0 Å². The molecule has 0 bridgehead atoms. The smallest absolute Gasteiger partial charge is 0.258 e. The van der Waals surface area contributed by atoms with Gasteiger partial charge in [0.25, 0.3) is 5.69 Å². The summed E-state index contributed by atoms with van der Waals surface area (Å²) in [4.78, 5) is 10.1. The van der Waals surface area contributed by atoms with E-state index in [0.717, 1.165) is 6.07 Å². The van der Waals surface area contributed by atoms with E-state index in [2.05, 4.69) is 10.6 Å². The first-order chi connectivity index (χ1) is 9.00. The van der Waals surface area contributed by atoms with E-state index < -0.39 is 20.5 Å². The fourth-order valence-electron chi connectivity index (χ4n) is 1.61. The molecule has 0 spiro atoms. The third-order valence-electron chi connectivity index (χ3n) is 2.86. The van der Waals surface area contributed by atoms with Crippen LogP contribution < -0.4 is 4.72 Å². The van der Waals surface area contributed by atoms with E-state index in [1.54, 1.807) is 13.8 Å². The molecule has 0 aliphatic rings. The molecule has 1 aromatic carbocycles. The highest BCUT2D eigenvalue weighted by molar-refractivity contribution is 7.89. The molecule has 0 radical (unpaired) electrons. The van der Waals surface area contributed by atoms with Gasteiger partial charge in [-0.3, -0.25) is 10.1 Å². The van der Waals surface area contributed by atoms with Gasteiger partial charge in [0.1, 0.15) is 0 Å². The van der Waals surface area contributed by atoms with Crippen molar-refractivity contribution < 1.29 is 13.3 Å². The van der Waals surface area contributed by atoms with Crippen molar-refractivity contribution in [3.05, 3.63) is 33.4 Å². The lowest BCUT2D eigenvalue weighted by Gasteiger charge is -2.20. The molecule has 0 heterocycles. The number of nitro benzene ring substituents is 1. The molecule has 108 valence electrons. The van der Waals surface area contributed by atoms with Gasteiger partial charge in [0, 0.05) is 12.1 Å². The van der Waals surface area contributed by atoms with Crippen LogP contribution in [-0.2, 0) is 10.0 Å². The fraction of sp³-hybridized carbons (Fsp3) is 0.385. The first-order valence-corrected chi connectivity index (χ1v) is 7.26. The number of rotatable bonds is 4. The Hall–Kier alpha value is -1.91. The summed E-state index contributed by atoms with van der Waals surface area (Å²) in [6, 6.07) is 2.37. The van der Waals surface area contributed by atoms with Crippen LogP contribution in [0.25, 0.3) is 0 Å². The zero-order chi connectivity index (χ0) is 15.7. The lowest BCUT2D eigenvalue weighted by atomic mass is 10.1. The van der Waals surface area contributed by atoms with Gasteiger partial charge in [-0.05, 0) is 38.8 Å². The number of hydrogen-bond donors (Lipinski definition) is 1. The largest absolute Gasteiger partial charge is 0.271 e. The van der Waals surface area contributed by atoms with Gasteiger partial charge >= 0.3 is 0 Å². The molecular formula is C13H16N2O4S. The van der Waals surface area contributed by atoms with Crippen molar-refractivity contribution >= 4 is 15.7 Å². The van der Waals surface area contributed by atoms with E-state index in [4.69, 9.17) is 6.42 Å². The maximum absolute atomic E-state index is 12.3. The first kappa shape index (κ1) is 16.1. The normalized spacial score (nSPS) is 11.9. The highest BCUT2D eigenvalue weighted by Gasteiger charge is 2.27. The molecule has 1 aromatic rings. The molecule has 0 aliphatic carbocycles. The summed E-state index contributed by atoms with van der Waals surface area (Å²) in [5.74, 6) is 2.31. The summed E-state index contributed by atoms with van der Waals surface area (Å²) in [7, 11) is -3.94. The van der Waals surface area contributed by atoms with Crippen LogP contribution in [0.4, 0.5) is 5.69 Å². The fourth-order valence-corrected chi connectivity index (χ4v) is 3.29. The van der Waals surface area contributed by atoms with Crippen LogP contribution in [0.3, 0.4) is 0 Å². The summed E-state index contributed by atoms with van der Waals surface area (Å²) in [5.41, 5.74) is -0.370. The number of hydrogen-bond acceptors (Lipinski definition) is 4. The molecule has 0 saturated heterocycles. The van der Waals surface area contributed by atoms with Gasteiger partial charge in [-0.2, -0.15) is 4.72 Å². The van der Waals surface area contributed by atoms with Gasteiger partial charge in [0.05, 0.1) is 15.4 Å². The Morgan fingerprint density at radius 2 is 1.90 bits per heavy atom. The van der Waals surface area contributed by atoms with Crippen molar-refractivity contribution in [2.75, 3.05) is 0 Å². The minimum Gasteiger partial charge on any atom is -0.258 e. The molecule has 0 amide bonds. The number of nitro groups is 1. The molecule has 6 nitrogen and oxygen atoms in total. The number of non-ortho nitro benzene ring substituents is 1. The van der Waals surface area contributed by atoms with E-state index in [1.807, 2.05) is 0 Å². The molecule has 0 fully saturated rings. The predicted octanol–water partition coefficient (Wildman–Crippen LogP) is 1.90. The number of benzene rings is 1. The van der Waals surface area contributed by atoms with Crippen molar-refractivity contribution in [3.63, 3.8) is 0 Å². The monoisotopic (exact) mass is 296 g/mol. The third-order valence-corrected chi connectivity index (χ3v) is 4.64.